The van der Waals surface area contributed by atoms with Crippen LogP contribution in [-0.4, -0.2) is 25.6 Å². The summed E-state index contributed by atoms with van der Waals surface area (Å²) in [6.45, 7) is 6.74. The van der Waals surface area contributed by atoms with Gasteiger partial charge in [0.15, 0.2) is 0 Å². The molecule has 110 valence electrons. The minimum atomic E-state index is 0.555. The molecule has 2 aromatic rings. The van der Waals surface area contributed by atoms with E-state index in [1.807, 2.05) is 30.0 Å². The van der Waals surface area contributed by atoms with Crippen LogP contribution in [0.1, 0.15) is 32.5 Å². The zero-order valence-corrected chi connectivity index (χ0v) is 12.7. The van der Waals surface area contributed by atoms with Gasteiger partial charge in [-0.15, -0.1) is 0 Å². The van der Waals surface area contributed by atoms with Gasteiger partial charge in [0.1, 0.15) is 11.6 Å². The SMILES string of the molecule is Cc1nccn1-c1nccc(NC2C[C@@H]3[C@H](C2)C3(C)C)n1. The predicted octanol–water partition coefficient (Wildman–Crippen LogP) is 2.82. The third-order valence-corrected chi connectivity index (χ3v) is 5.40. The lowest BCUT2D eigenvalue weighted by atomic mass is 9.98. The molecule has 2 heterocycles. The minimum Gasteiger partial charge on any atom is -0.367 e. The zero-order chi connectivity index (χ0) is 14.6. The molecule has 2 aliphatic carbocycles. The van der Waals surface area contributed by atoms with Crippen molar-refractivity contribution in [1.29, 1.82) is 0 Å². The Kier molecular flexibility index (Phi) is 2.62. The van der Waals surface area contributed by atoms with Crippen molar-refractivity contribution in [2.24, 2.45) is 17.3 Å². The Labute approximate surface area is 124 Å². The summed E-state index contributed by atoms with van der Waals surface area (Å²) in [6.07, 6.45) is 8.00. The summed E-state index contributed by atoms with van der Waals surface area (Å²) in [4.78, 5) is 13.2. The summed E-state index contributed by atoms with van der Waals surface area (Å²) < 4.78 is 1.90. The van der Waals surface area contributed by atoms with Crippen LogP contribution in [0.5, 0.6) is 0 Å². The van der Waals surface area contributed by atoms with Crippen molar-refractivity contribution < 1.29 is 0 Å². The molecule has 0 aromatic carbocycles. The van der Waals surface area contributed by atoms with Crippen molar-refractivity contribution in [3.63, 3.8) is 0 Å². The Bertz CT molecular complexity index is 661. The lowest BCUT2D eigenvalue weighted by Gasteiger charge is -2.19. The summed E-state index contributed by atoms with van der Waals surface area (Å²) in [7, 11) is 0. The molecule has 0 radical (unpaired) electrons. The first-order valence-electron chi connectivity index (χ1n) is 7.65. The zero-order valence-electron chi connectivity index (χ0n) is 12.7. The van der Waals surface area contributed by atoms with Gasteiger partial charge in [0.2, 0.25) is 5.95 Å². The maximum absolute atomic E-state index is 4.62. The highest BCUT2D eigenvalue weighted by molar-refractivity contribution is 5.38. The van der Waals surface area contributed by atoms with Gasteiger partial charge in [0.25, 0.3) is 0 Å². The summed E-state index contributed by atoms with van der Waals surface area (Å²) in [5.74, 6) is 4.28. The molecule has 0 saturated heterocycles. The van der Waals surface area contributed by atoms with Crippen LogP contribution in [0.2, 0.25) is 0 Å². The van der Waals surface area contributed by atoms with E-state index in [1.165, 1.54) is 12.8 Å². The van der Waals surface area contributed by atoms with Crippen LogP contribution in [-0.2, 0) is 0 Å². The highest BCUT2D eigenvalue weighted by atomic mass is 15.2. The van der Waals surface area contributed by atoms with E-state index in [-0.39, 0.29) is 0 Å². The van der Waals surface area contributed by atoms with Crippen LogP contribution in [0.3, 0.4) is 0 Å². The van der Waals surface area contributed by atoms with Gasteiger partial charge < -0.3 is 5.32 Å². The van der Waals surface area contributed by atoms with Gasteiger partial charge in [0, 0.05) is 24.6 Å². The number of anilines is 1. The number of nitrogens with zero attached hydrogens (tertiary/aromatic N) is 4. The lowest BCUT2D eigenvalue weighted by Crippen LogP contribution is -2.21. The van der Waals surface area contributed by atoms with E-state index in [1.54, 1.807) is 6.20 Å². The molecule has 2 aliphatic rings. The van der Waals surface area contributed by atoms with E-state index in [2.05, 4.69) is 34.1 Å². The second kappa shape index (κ2) is 4.29. The number of aryl methyl sites for hydroxylation is 1. The second-order valence-corrected chi connectivity index (χ2v) is 6.93. The van der Waals surface area contributed by atoms with Gasteiger partial charge in [-0.3, -0.25) is 4.57 Å². The summed E-state index contributed by atoms with van der Waals surface area (Å²) in [6, 6.07) is 2.50. The van der Waals surface area contributed by atoms with Gasteiger partial charge in [-0.05, 0) is 43.1 Å². The van der Waals surface area contributed by atoms with Gasteiger partial charge in [0.05, 0.1) is 0 Å². The van der Waals surface area contributed by atoms with Crippen molar-refractivity contribution in [1.82, 2.24) is 19.5 Å². The maximum Gasteiger partial charge on any atom is 0.237 e. The fraction of sp³-hybridized carbons (Fsp3) is 0.562. The number of hydrogen-bond donors (Lipinski definition) is 1. The standard InChI is InChI=1S/C16H21N5/c1-10-17-6-7-21(10)15-18-5-4-14(20-15)19-11-8-12-13(9-11)16(12,2)3/h4-7,11-13H,8-9H2,1-3H3,(H,18,19,20)/t11?,12-,13+. The molecule has 1 unspecified atom stereocenters. The highest BCUT2D eigenvalue weighted by Crippen LogP contribution is 2.66. The van der Waals surface area contributed by atoms with Crippen molar-refractivity contribution >= 4 is 5.82 Å². The molecule has 0 amide bonds. The fourth-order valence-corrected chi connectivity index (χ4v) is 3.96. The Morgan fingerprint density at radius 1 is 1.19 bits per heavy atom. The van der Waals surface area contributed by atoms with Gasteiger partial charge in [-0.25, -0.2) is 9.97 Å². The van der Waals surface area contributed by atoms with Gasteiger partial charge >= 0.3 is 0 Å². The molecule has 0 bridgehead atoms. The number of rotatable bonds is 3. The second-order valence-electron chi connectivity index (χ2n) is 6.93. The Morgan fingerprint density at radius 2 is 1.95 bits per heavy atom. The molecular weight excluding hydrogens is 262 g/mol. The molecule has 2 aromatic heterocycles. The number of hydrogen-bond acceptors (Lipinski definition) is 4. The molecule has 5 heteroatoms. The average molecular weight is 283 g/mol. The van der Waals surface area contributed by atoms with E-state index in [0.29, 0.717) is 17.4 Å². The molecule has 1 N–H and O–H groups in total. The van der Waals surface area contributed by atoms with Crippen molar-refractivity contribution in [3.8, 4) is 5.95 Å². The molecule has 0 spiro atoms. The quantitative estimate of drug-likeness (QED) is 0.941. The molecule has 3 atom stereocenters. The lowest BCUT2D eigenvalue weighted by molar-refractivity contribution is 0.444. The molecule has 2 fully saturated rings. The molecular formula is C16H21N5. The topological polar surface area (TPSA) is 55.6 Å². The van der Waals surface area contributed by atoms with Crippen molar-refractivity contribution in [3.05, 3.63) is 30.5 Å². The van der Waals surface area contributed by atoms with Gasteiger partial charge in [-0.2, -0.15) is 4.98 Å². The third-order valence-electron chi connectivity index (χ3n) is 5.40. The summed E-state index contributed by atoms with van der Waals surface area (Å²) in [5, 5.41) is 3.58. The number of nitrogens with one attached hydrogen (secondary N) is 1. The monoisotopic (exact) mass is 283 g/mol. The Morgan fingerprint density at radius 3 is 2.62 bits per heavy atom. The van der Waals surface area contributed by atoms with Crippen molar-refractivity contribution in [2.45, 2.75) is 39.7 Å². The molecule has 5 nitrogen and oxygen atoms in total. The number of fused-ring (bicyclic) bond motifs is 1. The first kappa shape index (κ1) is 12.8. The molecule has 4 rings (SSSR count). The predicted molar refractivity (Wildman–Crippen MR) is 81.3 cm³/mol. The number of imidazole rings is 1. The summed E-state index contributed by atoms with van der Waals surface area (Å²) >= 11 is 0. The van der Waals surface area contributed by atoms with E-state index >= 15 is 0 Å². The van der Waals surface area contributed by atoms with Gasteiger partial charge in [-0.1, -0.05) is 13.8 Å². The highest BCUT2D eigenvalue weighted by Gasteiger charge is 2.61. The number of aromatic nitrogens is 4. The van der Waals surface area contributed by atoms with E-state index in [0.717, 1.165) is 23.5 Å². The van der Waals surface area contributed by atoms with E-state index < -0.39 is 0 Å². The minimum absolute atomic E-state index is 0.555. The first-order valence-corrected chi connectivity index (χ1v) is 7.65. The average Bonchev–Trinajstić information content (AvgIpc) is 2.86. The van der Waals surface area contributed by atoms with Crippen LogP contribution >= 0.6 is 0 Å². The van der Waals surface area contributed by atoms with Crippen LogP contribution in [0.15, 0.2) is 24.7 Å². The maximum atomic E-state index is 4.62. The molecule has 2 saturated carbocycles. The van der Waals surface area contributed by atoms with Crippen LogP contribution in [0, 0.1) is 24.2 Å². The third kappa shape index (κ3) is 2.03. The molecule has 0 aliphatic heterocycles. The normalized spacial score (nSPS) is 29.2. The Balaban J connectivity index is 1.49. The first-order chi connectivity index (χ1) is 10.1. The van der Waals surface area contributed by atoms with Crippen LogP contribution < -0.4 is 5.32 Å². The smallest absolute Gasteiger partial charge is 0.237 e. The van der Waals surface area contributed by atoms with Crippen LogP contribution in [0.25, 0.3) is 5.95 Å². The van der Waals surface area contributed by atoms with Crippen LogP contribution in [0.4, 0.5) is 5.82 Å². The fourth-order valence-electron chi connectivity index (χ4n) is 3.96. The summed E-state index contributed by atoms with van der Waals surface area (Å²) in [5.41, 5.74) is 0.572. The molecule has 21 heavy (non-hydrogen) atoms. The van der Waals surface area contributed by atoms with Crippen molar-refractivity contribution in [2.75, 3.05) is 5.32 Å². The Hall–Kier alpha value is -1.91. The largest absolute Gasteiger partial charge is 0.367 e. The van der Waals surface area contributed by atoms with E-state index in [4.69, 9.17) is 0 Å². The van der Waals surface area contributed by atoms with E-state index in [9.17, 15) is 0 Å².